The first-order valence-corrected chi connectivity index (χ1v) is 6.82. The smallest absolute Gasteiger partial charge is 0.339 e. The minimum Gasteiger partial charge on any atom is -0.462 e. The SMILES string of the molecule is O=C1Nc2ccc(F)cc2C1=Cn1cc2c(c1)C(=O)OCC2. The van der Waals surface area contributed by atoms with Crippen molar-refractivity contribution in [1.29, 1.82) is 0 Å². The van der Waals surface area contributed by atoms with Crippen LogP contribution in [0.5, 0.6) is 0 Å². The van der Waals surface area contributed by atoms with Crippen molar-refractivity contribution in [3.8, 4) is 0 Å². The Kier molecular flexibility index (Phi) is 2.66. The summed E-state index contributed by atoms with van der Waals surface area (Å²) >= 11 is 0. The van der Waals surface area contributed by atoms with Crippen LogP contribution in [-0.4, -0.2) is 23.1 Å². The largest absolute Gasteiger partial charge is 0.462 e. The molecule has 0 aliphatic carbocycles. The molecule has 3 heterocycles. The van der Waals surface area contributed by atoms with Gasteiger partial charge in [-0.05, 0) is 23.8 Å². The van der Waals surface area contributed by atoms with Crippen LogP contribution in [0.3, 0.4) is 0 Å². The van der Waals surface area contributed by atoms with Crippen molar-refractivity contribution in [2.24, 2.45) is 0 Å². The number of rotatable bonds is 1. The van der Waals surface area contributed by atoms with Crippen LogP contribution in [0.15, 0.2) is 30.6 Å². The number of fused-ring (bicyclic) bond motifs is 2. The Morgan fingerprint density at radius 2 is 2.09 bits per heavy atom. The number of benzene rings is 1. The molecular formula is C16H11FN2O3. The molecule has 0 atom stereocenters. The second kappa shape index (κ2) is 4.56. The molecule has 4 rings (SSSR count). The van der Waals surface area contributed by atoms with Gasteiger partial charge in [-0.25, -0.2) is 9.18 Å². The van der Waals surface area contributed by atoms with Gasteiger partial charge in [0.1, 0.15) is 5.82 Å². The minimum atomic E-state index is -0.406. The second-order valence-electron chi connectivity index (χ2n) is 5.22. The highest BCUT2D eigenvalue weighted by Crippen LogP contribution is 2.33. The monoisotopic (exact) mass is 298 g/mol. The molecular weight excluding hydrogens is 287 g/mol. The topological polar surface area (TPSA) is 60.3 Å². The molecule has 1 aromatic heterocycles. The number of cyclic esters (lactones) is 1. The summed E-state index contributed by atoms with van der Waals surface area (Å²) in [5.41, 5.74) is 2.83. The van der Waals surface area contributed by atoms with Gasteiger partial charge in [0.2, 0.25) is 0 Å². The number of halogens is 1. The summed E-state index contributed by atoms with van der Waals surface area (Å²) in [6.45, 7) is 0.362. The summed E-state index contributed by atoms with van der Waals surface area (Å²) < 4.78 is 20.0. The molecule has 6 heteroatoms. The molecule has 0 saturated carbocycles. The van der Waals surface area contributed by atoms with E-state index in [0.29, 0.717) is 35.4 Å². The molecule has 110 valence electrons. The van der Waals surface area contributed by atoms with E-state index in [1.165, 1.54) is 18.2 Å². The number of esters is 1. The van der Waals surface area contributed by atoms with E-state index < -0.39 is 5.82 Å². The molecule has 0 fully saturated rings. The fraction of sp³-hybridized carbons (Fsp3) is 0.125. The molecule has 0 saturated heterocycles. The Bertz CT molecular complexity index is 851. The van der Waals surface area contributed by atoms with E-state index in [-0.39, 0.29) is 11.9 Å². The van der Waals surface area contributed by atoms with Gasteiger partial charge in [0, 0.05) is 36.3 Å². The Morgan fingerprint density at radius 1 is 1.23 bits per heavy atom. The number of nitrogens with zero attached hydrogens (tertiary/aromatic N) is 1. The Hall–Kier alpha value is -2.89. The number of carbonyl (C=O) groups is 2. The molecule has 2 aliphatic rings. The first-order chi connectivity index (χ1) is 10.6. The number of carbonyl (C=O) groups excluding carboxylic acids is 2. The van der Waals surface area contributed by atoms with Crippen LogP contribution in [-0.2, 0) is 16.0 Å². The molecule has 2 aromatic rings. The maximum absolute atomic E-state index is 13.4. The lowest BCUT2D eigenvalue weighted by Gasteiger charge is -2.09. The quantitative estimate of drug-likeness (QED) is 0.649. The highest BCUT2D eigenvalue weighted by molar-refractivity contribution is 6.34. The number of aromatic nitrogens is 1. The maximum atomic E-state index is 13.4. The molecule has 0 spiro atoms. The van der Waals surface area contributed by atoms with Gasteiger partial charge in [0.15, 0.2) is 0 Å². The fourth-order valence-corrected chi connectivity index (χ4v) is 2.75. The summed E-state index contributed by atoms with van der Waals surface area (Å²) in [4.78, 5) is 23.7. The van der Waals surface area contributed by atoms with Gasteiger partial charge >= 0.3 is 5.97 Å². The van der Waals surface area contributed by atoms with Gasteiger partial charge in [-0.15, -0.1) is 0 Å². The molecule has 5 nitrogen and oxygen atoms in total. The highest BCUT2D eigenvalue weighted by Gasteiger charge is 2.26. The highest BCUT2D eigenvalue weighted by atomic mass is 19.1. The summed E-state index contributed by atoms with van der Waals surface area (Å²) in [6, 6.07) is 4.14. The molecule has 1 aromatic carbocycles. The van der Waals surface area contributed by atoms with E-state index in [9.17, 15) is 14.0 Å². The average Bonchev–Trinajstić information content (AvgIpc) is 3.03. The zero-order valence-electron chi connectivity index (χ0n) is 11.4. The number of anilines is 1. The summed E-state index contributed by atoms with van der Waals surface area (Å²) in [5, 5.41) is 2.69. The fourth-order valence-electron chi connectivity index (χ4n) is 2.75. The van der Waals surface area contributed by atoms with E-state index in [0.717, 1.165) is 5.56 Å². The van der Waals surface area contributed by atoms with Crippen molar-refractivity contribution >= 4 is 29.3 Å². The Balaban J connectivity index is 1.79. The molecule has 1 amide bonds. The Morgan fingerprint density at radius 3 is 2.91 bits per heavy atom. The van der Waals surface area contributed by atoms with E-state index in [1.54, 1.807) is 23.2 Å². The van der Waals surface area contributed by atoms with Gasteiger partial charge in [0.05, 0.1) is 17.7 Å². The number of amides is 1. The Labute approximate surface area is 125 Å². The molecule has 22 heavy (non-hydrogen) atoms. The summed E-state index contributed by atoms with van der Waals surface area (Å²) in [6.07, 6.45) is 5.64. The third kappa shape index (κ3) is 1.92. The van der Waals surface area contributed by atoms with Crippen LogP contribution >= 0.6 is 0 Å². The van der Waals surface area contributed by atoms with Crippen molar-refractivity contribution in [3.63, 3.8) is 0 Å². The standard InChI is InChI=1S/C16H11FN2O3/c17-10-1-2-14-11(5-10)13(15(20)18-14)8-19-6-9-3-4-22-16(21)12(9)7-19/h1-2,5-8H,3-4H2,(H,18,20). The van der Waals surface area contributed by atoms with Crippen molar-refractivity contribution in [2.45, 2.75) is 6.42 Å². The van der Waals surface area contributed by atoms with Crippen LogP contribution in [0.1, 0.15) is 21.5 Å². The van der Waals surface area contributed by atoms with Crippen molar-refractivity contribution in [2.75, 3.05) is 11.9 Å². The number of nitrogens with one attached hydrogen (secondary N) is 1. The van der Waals surface area contributed by atoms with Crippen LogP contribution < -0.4 is 5.32 Å². The third-order valence-electron chi connectivity index (χ3n) is 3.80. The number of hydrogen-bond acceptors (Lipinski definition) is 3. The van der Waals surface area contributed by atoms with Crippen LogP contribution in [0.25, 0.3) is 11.8 Å². The lowest BCUT2D eigenvalue weighted by Crippen LogP contribution is -2.15. The molecule has 1 N–H and O–H groups in total. The lowest BCUT2D eigenvalue weighted by atomic mass is 10.1. The van der Waals surface area contributed by atoms with Crippen LogP contribution in [0.2, 0.25) is 0 Å². The predicted molar refractivity (Wildman–Crippen MR) is 77.6 cm³/mol. The zero-order valence-corrected chi connectivity index (χ0v) is 11.4. The van der Waals surface area contributed by atoms with E-state index in [2.05, 4.69) is 5.32 Å². The molecule has 2 aliphatic heterocycles. The number of hydrogen-bond donors (Lipinski definition) is 1. The summed E-state index contributed by atoms with van der Waals surface area (Å²) in [5.74, 6) is -1.06. The maximum Gasteiger partial charge on any atom is 0.339 e. The van der Waals surface area contributed by atoms with Crippen LogP contribution in [0, 0.1) is 5.82 Å². The predicted octanol–water partition coefficient (Wildman–Crippen LogP) is 2.29. The lowest BCUT2D eigenvalue weighted by molar-refractivity contribution is -0.110. The normalized spacial score (nSPS) is 18.0. The second-order valence-corrected chi connectivity index (χ2v) is 5.22. The van der Waals surface area contributed by atoms with Crippen molar-refractivity contribution in [3.05, 3.63) is 53.1 Å². The first kappa shape index (κ1) is 12.8. The van der Waals surface area contributed by atoms with E-state index in [4.69, 9.17) is 4.74 Å². The van der Waals surface area contributed by atoms with Gasteiger partial charge in [-0.3, -0.25) is 4.79 Å². The number of ether oxygens (including phenoxy) is 1. The summed E-state index contributed by atoms with van der Waals surface area (Å²) in [7, 11) is 0. The van der Waals surface area contributed by atoms with Gasteiger partial charge < -0.3 is 14.6 Å². The first-order valence-electron chi connectivity index (χ1n) is 6.82. The van der Waals surface area contributed by atoms with E-state index in [1.807, 2.05) is 0 Å². The van der Waals surface area contributed by atoms with E-state index >= 15 is 0 Å². The average molecular weight is 298 g/mol. The minimum absolute atomic E-state index is 0.296. The molecule has 0 radical (unpaired) electrons. The van der Waals surface area contributed by atoms with Gasteiger partial charge in [0.25, 0.3) is 5.91 Å². The van der Waals surface area contributed by atoms with Gasteiger partial charge in [-0.1, -0.05) is 0 Å². The van der Waals surface area contributed by atoms with Crippen LogP contribution in [0.4, 0.5) is 10.1 Å². The molecule has 0 unspecified atom stereocenters. The zero-order chi connectivity index (χ0) is 15.3. The van der Waals surface area contributed by atoms with Crippen molar-refractivity contribution in [1.82, 2.24) is 4.57 Å². The third-order valence-corrected chi connectivity index (χ3v) is 3.80. The van der Waals surface area contributed by atoms with Gasteiger partial charge in [-0.2, -0.15) is 0 Å². The molecule has 0 bridgehead atoms. The van der Waals surface area contributed by atoms with Crippen molar-refractivity contribution < 1.29 is 18.7 Å².